The molecule has 13 nitrogen and oxygen atoms in total. The molecule has 30 heavy (non-hydrogen) atoms. The molecule has 0 aliphatic carbocycles. The molecule has 3 fully saturated rings. The Labute approximate surface area is 177 Å². The van der Waals surface area contributed by atoms with Crippen molar-refractivity contribution in [3.63, 3.8) is 0 Å². The van der Waals surface area contributed by atoms with E-state index in [1.54, 1.807) is 0 Å². The van der Waals surface area contributed by atoms with Crippen molar-refractivity contribution >= 4 is 40.4 Å². The highest BCUT2D eigenvalue weighted by molar-refractivity contribution is 7.81. The zero-order chi connectivity index (χ0) is 21.6. The highest BCUT2D eigenvalue weighted by Crippen LogP contribution is 2.19. The summed E-state index contributed by atoms with van der Waals surface area (Å²) in [5, 5.41) is 0. The molecule has 3 heterocycles. The standard InChI is InChI=1S/C12H20BFO13S3/c14-11-7-26-30(17,18)27-12(11)8-21-13(19-1-9-3-22-28(15)23-4-9)20-2-10-5-24-29(16)25-6-10/h9-12H,1-8H2. The van der Waals surface area contributed by atoms with Gasteiger partial charge in [0.05, 0.1) is 33.0 Å². The van der Waals surface area contributed by atoms with Gasteiger partial charge in [0.2, 0.25) is 0 Å². The van der Waals surface area contributed by atoms with Gasteiger partial charge in [-0.3, -0.25) is 16.7 Å². The Morgan fingerprint density at radius 2 is 1.30 bits per heavy atom. The maximum Gasteiger partial charge on any atom is 0.639 e. The van der Waals surface area contributed by atoms with E-state index in [-0.39, 0.29) is 51.5 Å². The fourth-order valence-corrected chi connectivity index (χ4v) is 4.52. The third-order valence-electron chi connectivity index (χ3n) is 3.95. The lowest BCUT2D eigenvalue weighted by molar-refractivity contribution is -0.0315. The van der Waals surface area contributed by atoms with Crippen LogP contribution in [0.2, 0.25) is 0 Å². The summed E-state index contributed by atoms with van der Waals surface area (Å²) in [6.45, 7) is -0.688. The molecule has 0 N–H and O–H groups in total. The predicted molar refractivity (Wildman–Crippen MR) is 95.3 cm³/mol. The first-order chi connectivity index (χ1) is 14.3. The maximum absolute atomic E-state index is 13.9. The number of alkyl halides is 1. The van der Waals surface area contributed by atoms with Crippen LogP contribution >= 0.6 is 0 Å². The van der Waals surface area contributed by atoms with Crippen molar-refractivity contribution in [2.45, 2.75) is 12.3 Å². The van der Waals surface area contributed by atoms with Crippen LogP contribution in [0.15, 0.2) is 0 Å². The summed E-state index contributed by atoms with van der Waals surface area (Å²) >= 11 is -3.60. The largest absolute Gasteiger partial charge is 0.639 e. The molecule has 3 rings (SSSR count). The third kappa shape index (κ3) is 8.10. The van der Waals surface area contributed by atoms with E-state index in [0.717, 1.165) is 0 Å². The van der Waals surface area contributed by atoms with Crippen molar-refractivity contribution in [3.05, 3.63) is 0 Å². The lowest BCUT2D eigenvalue weighted by atomic mass is 10.1. The number of hydrogen-bond donors (Lipinski definition) is 0. The topological polar surface area (TPSA) is 151 Å². The highest BCUT2D eigenvalue weighted by Gasteiger charge is 2.38. The first kappa shape index (κ1) is 24.5. The molecule has 0 aromatic carbocycles. The Balaban J connectivity index is 1.49. The van der Waals surface area contributed by atoms with E-state index in [1.807, 2.05) is 0 Å². The Bertz CT molecular complexity index is 659. The summed E-state index contributed by atoms with van der Waals surface area (Å²) in [6.07, 6.45) is -3.18. The SMILES string of the molecule is O=S1OCC(COB(OCC2COS(=O)OC2)OCC2OS(=O)(=O)OCC2F)CO1. The zero-order valence-electron chi connectivity index (χ0n) is 15.5. The van der Waals surface area contributed by atoms with Gasteiger partial charge in [0.25, 0.3) is 0 Å². The van der Waals surface area contributed by atoms with Crippen molar-refractivity contribution in [3.8, 4) is 0 Å². The van der Waals surface area contributed by atoms with E-state index in [9.17, 15) is 21.2 Å². The molecular weight excluding hydrogens is 478 g/mol. The molecule has 2 atom stereocenters. The summed E-state index contributed by atoms with van der Waals surface area (Å²) in [5.74, 6) is -0.537. The quantitative estimate of drug-likeness (QED) is 0.340. The van der Waals surface area contributed by atoms with Crippen LogP contribution < -0.4 is 0 Å². The van der Waals surface area contributed by atoms with Gasteiger partial charge in [0.15, 0.2) is 6.17 Å². The molecule has 0 saturated carbocycles. The Kier molecular flexibility index (Phi) is 9.53. The average molecular weight is 498 g/mol. The first-order valence-electron chi connectivity index (χ1n) is 8.74. The second-order valence-corrected chi connectivity index (χ2v) is 9.41. The number of hydrogen-bond acceptors (Lipinski definition) is 13. The van der Waals surface area contributed by atoms with E-state index in [1.165, 1.54) is 0 Å². The van der Waals surface area contributed by atoms with E-state index < -0.39 is 65.9 Å². The minimum Gasteiger partial charge on any atom is -0.385 e. The van der Waals surface area contributed by atoms with E-state index in [4.69, 9.17) is 30.7 Å². The lowest BCUT2D eigenvalue weighted by Gasteiger charge is -2.27. The second kappa shape index (κ2) is 11.7. The molecule has 2 unspecified atom stereocenters. The van der Waals surface area contributed by atoms with Crippen LogP contribution in [0.3, 0.4) is 0 Å². The molecule has 0 radical (unpaired) electrons. The second-order valence-electron chi connectivity index (χ2n) is 6.41. The zero-order valence-corrected chi connectivity index (χ0v) is 17.9. The highest BCUT2D eigenvalue weighted by atomic mass is 32.3. The van der Waals surface area contributed by atoms with Gasteiger partial charge in [0.1, 0.15) is 12.7 Å². The van der Waals surface area contributed by atoms with Gasteiger partial charge in [-0.05, 0) is 0 Å². The fourth-order valence-electron chi connectivity index (χ4n) is 2.34. The maximum atomic E-state index is 13.9. The Morgan fingerprint density at radius 1 is 0.833 bits per heavy atom. The monoisotopic (exact) mass is 498 g/mol. The Morgan fingerprint density at radius 3 is 1.80 bits per heavy atom. The van der Waals surface area contributed by atoms with Crippen LogP contribution in [0.4, 0.5) is 4.39 Å². The molecule has 0 aromatic rings. The molecule has 0 bridgehead atoms. The van der Waals surface area contributed by atoms with Crippen LogP contribution in [0, 0.1) is 11.8 Å². The van der Waals surface area contributed by atoms with Crippen molar-refractivity contribution in [1.82, 2.24) is 0 Å². The van der Waals surface area contributed by atoms with Crippen LogP contribution in [0.1, 0.15) is 0 Å². The van der Waals surface area contributed by atoms with Crippen LogP contribution in [0.5, 0.6) is 0 Å². The van der Waals surface area contributed by atoms with Gasteiger partial charge in [-0.2, -0.15) is 16.8 Å². The number of halogens is 1. The molecule has 3 aliphatic rings. The molecule has 3 saturated heterocycles. The predicted octanol–water partition coefficient (Wildman–Crippen LogP) is -1.50. The normalized spacial score (nSPS) is 37.0. The van der Waals surface area contributed by atoms with Crippen molar-refractivity contribution in [2.24, 2.45) is 11.8 Å². The van der Waals surface area contributed by atoms with Crippen LogP contribution in [-0.4, -0.2) is 89.3 Å². The first-order valence-corrected chi connectivity index (χ1v) is 12.1. The molecule has 18 heteroatoms. The molecule has 3 aliphatic heterocycles. The van der Waals surface area contributed by atoms with E-state index in [0.29, 0.717) is 0 Å². The van der Waals surface area contributed by atoms with Crippen molar-refractivity contribution in [2.75, 3.05) is 52.9 Å². The smallest absolute Gasteiger partial charge is 0.385 e. The van der Waals surface area contributed by atoms with Crippen LogP contribution in [-0.2, 0) is 72.2 Å². The summed E-state index contributed by atoms with van der Waals surface area (Å²) in [4.78, 5) is 0. The van der Waals surface area contributed by atoms with Gasteiger partial charge >= 0.3 is 40.4 Å². The van der Waals surface area contributed by atoms with Crippen molar-refractivity contribution < 1.29 is 60.3 Å². The van der Waals surface area contributed by atoms with Gasteiger partial charge < -0.3 is 14.0 Å². The average Bonchev–Trinajstić information content (AvgIpc) is 2.72. The van der Waals surface area contributed by atoms with Crippen molar-refractivity contribution in [1.29, 1.82) is 0 Å². The van der Waals surface area contributed by atoms with Gasteiger partial charge in [-0.15, -0.1) is 0 Å². The Hall–Kier alpha value is -0.115. The molecule has 0 aromatic heterocycles. The third-order valence-corrected chi connectivity index (χ3v) is 6.17. The van der Waals surface area contributed by atoms with E-state index in [2.05, 4.69) is 8.37 Å². The van der Waals surface area contributed by atoms with Gasteiger partial charge in [-0.25, -0.2) is 12.8 Å². The summed E-state index contributed by atoms with van der Waals surface area (Å²) in [5.41, 5.74) is 0. The summed E-state index contributed by atoms with van der Waals surface area (Å²) < 4.78 is 103. The molecule has 0 spiro atoms. The minimum absolute atomic E-state index is 0.0234. The minimum atomic E-state index is -4.31. The van der Waals surface area contributed by atoms with E-state index >= 15 is 0 Å². The van der Waals surface area contributed by atoms with Gasteiger partial charge in [-0.1, -0.05) is 0 Å². The van der Waals surface area contributed by atoms with Crippen LogP contribution in [0.25, 0.3) is 0 Å². The molecule has 0 amide bonds. The number of rotatable bonds is 9. The fraction of sp³-hybridized carbons (Fsp3) is 1.00. The lowest BCUT2D eigenvalue weighted by Crippen LogP contribution is -2.44. The summed E-state index contributed by atoms with van der Waals surface area (Å²) in [6, 6.07) is 0. The molecule has 174 valence electrons. The summed E-state index contributed by atoms with van der Waals surface area (Å²) in [7, 11) is -5.64. The molecular formula is C12H20BFO13S3. The van der Waals surface area contributed by atoms with Gasteiger partial charge in [0, 0.05) is 25.0 Å².